The van der Waals surface area contributed by atoms with Crippen LogP contribution in [0.15, 0.2) is 70.5 Å². The van der Waals surface area contributed by atoms with E-state index < -0.39 is 17.7 Å². The smallest absolute Gasteiger partial charge is 0.212 e. The maximum atomic E-state index is 12.5. The van der Waals surface area contributed by atoms with Crippen LogP contribution in [0.3, 0.4) is 0 Å². The molecule has 0 amide bonds. The van der Waals surface area contributed by atoms with Gasteiger partial charge in [-0.25, -0.2) is 16.8 Å². The molecule has 0 saturated carbocycles. The molecular formula is C18H22O4S5. The van der Waals surface area contributed by atoms with E-state index in [2.05, 4.69) is 0 Å². The van der Waals surface area contributed by atoms with Crippen molar-refractivity contribution in [3.63, 3.8) is 0 Å². The van der Waals surface area contributed by atoms with Crippen molar-refractivity contribution in [2.45, 2.75) is 34.1 Å². The largest absolute Gasteiger partial charge is 0.230 e. The molecule has 0 heterocycles. The summed E-state index contributed by atoms with van der Waals surface area (Å²) in [6, 6.07) is 16.6. The summed E-state index contributed by atoms with van der Waals surface area (Å²) < 4.78 is 49.9. The number of hydrogen-bond acceptors (Lipinski definition) is 7. The molecule has 0 aliphatic heterocycles. The summed E-state index contributed by atoms with van der Waals surface area (Å²) in [4.78, 5) is 0.542. The van der Waals surface area contributed by atoms with Crippen LogP contribution in [0.2, 0.25) is 0 Å². The lowest BCUT2D eigenvalue weighted by molar-refractivity contribution is 0.609. The fraction of sp³-hybridized carbons (Fsp3) is 0.333. The molecule has 27 heavy (non-hydrogen) atoms. The second-order valence-electron chi connectivity index (χ2n) is 5.91. The van der Waals surface area contributed by atoms with Crippen LogP contribution in [0.5, 0.6) is 0 Å². The summed E-state index contributed by atoms with van der Waals surface area (Å²) >= 11 is 1.60. The topological polar surface area (TPSA) is 68.3 Å². The van der Waals surface area contributed by atoms with Crippen LogP contribution < -0.4 is 0 Å². The van der Waals surface area contributed by atoms with Crippen LogP contribution in [0.4, 0.5) is 0 Å². The van der Waals surface area contributed by atoms with E-state index in [1.807, 2.05) is 13.8 Å². The molecule has 0 aliphatic rings. The summed E-state index contributed by atoms with van der Waals surface area (Å²) in [6.07, 6.45) is 0. The van der Waals surface area contributed by atoms with Gasteiger partial charge in [-0.15, -0.1) is 0 Å². The highest BCUT2D eigenvalue weighted by Gasteiger charge is 2.23. The zero-order valence-electron chi connectivity index (χ0n) is 15.0. The lowest BCUT2D eigenvalue weighted by Crippen LogP contribution is -2.16. The first-order valence-corrected chi connectivity index (χ1v) is 15.2. The minimum absolute atomic E-state index is 0.100. The van der Waals surface area contributed by atoms with Crippen molar-refractivity contribution < 1.29 is 16.8 Å². The van der Waals surface area contributed by atoms with Gasteiger partial charge in [0.05, 0.1) is 9.79 Å². The molecule has 0 spiro atoms. The third-order valence-electron chi connectivity index (χ3n) is 3.35. The fourth-order valence-corrected chi connectivity index (χ4v) is 10.3. The minimum Gasteiger partial charge on any atom is -0.212 e. The van der Waals surface area contributed by atoms with E-state index in [4.69, 9.17) is 0 Å². The third-order valence-corrected chi connectivity index (χ3v) is 12.3. The molecular weight excluding hydrogens is 441 g/mol. The van der Waals surface area contributed by atoms with E-state index >= 15 is 0 Å². The van der Waals surface area contributed by atoms with Gasteiger partial charge in [-0.3, -0.25) is 0 Å². The van der Waals surface area contributed by atoms with Gasteiger partial charge < -0.3 is 0 Å². The number of rotatable bonds is 10. The maximum absolute atomic E-state index is 12.5. The van der Waals surface area contributed by atoms with Crippen molar-refractivity contribution in [3.05, 3.63) is 60.7 Å². The first kappa shape index (κ1) is 22.7. The normalized spacial score (nSPS) is 12.6. The minimum atomic E-state index is -3.45. The Hall–Kier alpha value is -0.610. The van der Waals surface area contributed by atoms with Crippen LogP contribution in [-0.4, -0.2) is 38.8 Å². The Balaban J connectivity index is 2.03. The van der Waals surface area contributed by atoms with Crippen LogP contribution in [0.1, 0.15) is 13.8 Å². The second kappa shape index (κ2) is 10.2. The highest BCUT2D eigenvalue weighted by molar-refractivity contribution is 8.72. The monoisotopic (exact) mass is 462 g/mol. The zero-order valence-corrected chi connectivity index (χ0v) is 19.1. The van der Waals surface area contributed by atoms with Crippen LogP contribution >= 0.6 is 33.3 Å². The lowest BCUT2D eigenvalue weighted by atomic mass is 10.4. The molecule has 0 unspecified atom stereocenters. The highest BCUT2D eigenvalue weighted by atomic mass is 33.1. The Bertz CT molecular complexity index is 837. The quantitative estimate of drug-likeness (QED) is 0.472. The van der Waals surface area contributed by atoms with E-state index in [-0.39, 0.29) is 20.3 Å². The van der Waals surface area contributed by atoms with E-state index in [0.717, 1.165) is 21.6 Å². The second-order valence-corrected chi connectivity index (χ2v) is 15.7. The molecule has 2 aromatic carbocycles. The summed E-state index contributed by atoms with van der Waals surface area (Å²) in [5.41, 5.74) is 0. The standard InChI is InChI=1S/C18H22O4S5/c1-15(2)25-16(13-23-26(19,20)17-9-5-3-6-10-17)14-24-27(21,22)18-11-7-4-8-12-18/h3-12,15-16H,13-14H2,1-2H3. The van der Waals surface area contributed by atoms with Gasteiger partial charge in [-0.1, -0.05) is 50.2 Å². The first-order valence-electron chi connectivity index (χ1n) is 8.25. The van der Waals surface area contributed by atoms with Crippen molar-refractivity contribution in [2.75, 3.05) is 11.5 Å². The summed E-state index contributed by atoms with van der Waals surface area (Å²) in [7, 11) is -5.16. The molecule has 2 aromatic rings. The molecule has 0 saturated heterocycles. The van der Waals surface area contributed by atoms with Gasteiger partial charge >= 0.3 is 0 Å². The molecule has 0 radical (unpaired) electrons. The van der Waals surface area contributed by atoms with Gasteiger partial charge in [0.2, 0.25) is 17.7 Å². The molecule has 4 nitrogen and oxygen atoms in total. The SMILES string of the molecule is CC(C)SC(CSS(=O)(=O)c1ccccc1)CSS(=O)(=O)c1ccccc1. The number of hydrogen-bond donors (Lipinski definition) is 0. The van der Waals surface area contributed by atoms with Gasteiger partial charge in [-0.2, -0.15) is 11.8 Å². The first-order chi connectivity index (χ1) is 12.7. The molecule has 0 fully saturated rings. The van der Waals surface area contributed by atoms with Crippen LogP contribution in [-0.2, 0) is 17.7 Å². The van der Waals surface area contributed by atoms with Crippen molar-refractivity contribution in [3.8, 4) is 0 Å². The van der Waals surface area contributed by atoms with E-state index in [1.165, 1.54) is 0 Å². The molecule has 2 rings (SSSR count). The van der Waals surface area contributed by atoms with Crippen molar-refractivity contribution in [1.29, 1.82) is 0 Å². The maximum Gasteiger partial charge on any atom is 0.230 e. The molecule has 0 aliphatic carbocycles. The van der Waals surface area contributed by atoms with Gasteiger partial charge in [0.25, 0.3) is 0 Å². The Morgan fingerprint density at radius 3 is 1.41 bits per heavy atom. The molecule has 0 atom stereocenters. The van der Waals surface area contributed by atoms with E-state index in [9.17, 15) is 16.8 Å². The Morgan fingerprint density at radius 1 is 0.704 bits per heavy atom. The summed E-state index contributed by atoms with van der Waals surface area (Å²) in [5.74, 6) is 0.661. The molecule has 0 aromatic heterocycles. The Labute approximate surface area is 173 Å². The van der Waals surface area contributed by atoms with Crippen molar-refractivity contribution in [1.82, 2.24) is 0 Å². The van der Waals surface area contributed by atoms with Gasteiger partial charge in [0.15, 0.2) is 0 Å². The Morgan fingerprint density at radius 2 is 1.07 bits per heavy atom. The van der Waals surface area contributed by atoms with Crippen LogP contribution in [0.25, 0.3) is 0 Å². The molecule has 9 heteroatoms. The molecule has 0 N–H and O–H groups in total. The van der Waals surface area contributed by atoms with Gasteiger partial charge in [-0.05, 0) is 51.1 Å². The third kappa shape index (κ3) is 7.38. The summed E-state index contributed by atoms with van der Waals surface area (Å²) in [5, 5.41) is 0.173. The average molecular weight is 463 g/mol. The van der Waals surface area contributed by atoms with E-state index in [0.29, 0.717) is 11.5 Å². The number of benzene rings is 2. The predicted octanol–water partition coefficient (Wildman–Crippen LogP) is 4.74. The molecule has 0 bridgehead atoms. The highest BCUT2D eigenvalue weighted by Crippen LogP contribution is 2.32. The van der Waals surface area contributed by atoms with Gasteiger partial charge in [0.1, 0.15) is 0 Å². The average Bonchev–Trinajstić information content (AvgIpc) is 2.65. The fourth-order valence-electron chi connectivity index (χ4n) is 2.15. The van der Waals surface area contributed by atoms with Crippen molar-refractivity contribution in [2.24, 2.45) is 0 Å². The zero-order chi connectivity index (χ0) is 19.9. The van der Waals surface area contributed by atoms with Crippen molar-refractivity contribution >= 4 is 51.1 Å². The van der Waals surface area contributed by atoms with Gasteiger partial charge in [0, 0.05) is 16.8 Å². The predicted molar refractivity (Wildman–Crippen MR) is 119 cm³/mol. The summed E-state index contributed by atoms with van der Waals surface area (Å²) in [6.45, 7) is 4.04. The Kier molecular flexibility index (Phi) is 8.61. The van der Waals surface area contributed by atoms with E-state index in [1.54, 1.807) is 72.4 Å². The molecule has 148 valence electrons. The lowest BCUT2D eigenvalue weighted by Gasteiger charge is -2.18. The number of thioether (sulfide) groups is 1. The van der Waals surface area contributed by atoms with Crippen LogP contribution in [0, 0.1) is 0 Å².